The van der Waals surface area contributed by atoms with Gasteiger partial charge in [0, 0.05) is 0 Å². The van der Waals surface area contributed by atoms with Gasteiger partial charge in [0.05, 0.1) is 11.4 Å². The van der Waals surface area contributed by atoms with Crippen LogP contribution in [-0.2, 0) is 5.28 Å². The van der Waals surface area contributed by atoms with E-state index in [9.17, 15) is 0 Å². The molecule has 0 unspecified atom stereocenters. The topological polar surface area (TPSA) is 25.8 Å². The van der Waals surface area contributed by atoms with Crippen LogP contribution in [0.2, 0.25) is 0 Å². The molecule has 0 atom stereocenters. The van der Waals surface area contributed by atoms with E-state index in [1.807, 2.05) is 13.8 Å². The van der Waals surface area contributed by atoms with E-state index in [0.717, 1.165) is 16.7 Å². The second-order valence-corrected chi connectivity index (χ2v) is 2.71. The largest absolute Gasteiger partial charge is 0.156 e. The average Bonchev–Trinajstić information content (AvgIpc) is 1.94. The molecule has 1 aromatic rings. The van der Waals surface area contributed by atoms with Crippen molar-refractivity contribution in [1.29, 1.82) is 0 Å². The normalized spacial score (nSPS) is 9.80. The Bertz CT molecular complexity index is 235. The second kappa shape index (κ2) is 3.14. The average molecular weight is 148 g/mol. The van der Waals surface area contributed by atoms with Gasteiger partial charge in [-0.2, -0.15) is 10.2 Å². The quantitative estimate of drug-likeness (QED) is 0.549. The molecular formula is C7H9AlN2. The molecular weight excluding hydrogens is 139 g/mol. The molecule has 0 aliphatic carbocycles. The van der Waals surface area contributed by atoms with Crippen LogP contribution in [0.1, 0.15) is 17.0 Å². The first-order valence-corrected chi connectivity index (χ1v) is 4.05. The molecule has 0 amide bonds. The van der Waals surface area contributed by atoms with Crippen molar-refractivity contribution in [2.24, 2.45) is 0 Å². The number of hydrogen-bond donors (Lipinski definition) is 0. The minimum atomic E-state index is 0.961. The van der Waals surface area contributed by atoms with Crippen LogP contribution >= 0.6 is 0 Å². The molecule has 0 fully saturated rings. The summed E-state index contributed by atoms with van der Waals surface area (Å²) in [4.78, 5) is 0. The van der Waals surface area contributed by atoms with Crippen LogP contribution in [0.3, 0.4) is 0 Å². The molecule has 2 radical (unpaired) electrons. The van der Waals surface area contributed by atoms with Gasteiger partial charge in [-0.05, 0) is 25.5 Å². The van der Waals surface area contributed by atoms with Crippen LogP contribution in [0.4, 0.5) is 0 Å². The molecule has 10 heavy (non-hydrogen) atoms. The number of nitrogens with zero attached hydrogens (tertiary/aromatic N) is 2. The third-order valence-electron chi connectivity index (χ3n) is 1.43. The van der Waals surface area contributed by atoms with E-state index >= 15 is 0 Å². The summed E-state index contributed by atoms with van der Waals surface area (Å²) in [5.41, 5.74) is 3.28. The molecule has 0 aliphatic heterocycles. The van der Waals surface area contributed by atoms with Crippen molar-refractivity contribution in [2.75, 3.05) is 0 Å². The van der Waals surface area contributed by atoms with Gasteiger partial charge < -0.3 is 0 Å². The lowest BCUT2D eigenvalue weighted by Gasteiger charge is -2.00. The van der Waals surface area contributed by atoms with Crippen molar-refractivity contribution in [3.8, 4) is 0 Å². The molecule has 0 saturated heterocycles. The Hall–Kier alpha value is -0.388. The molecule has 1 rings (SSSR count). The van der Waals surface area contributed by atoms with Crippen LogP contribution in [0.15, 0.2) is 6.07 Å². The fourth-order valence-electron chi connectivity index (χ4n) is 0.810. The molecule has 1 heterocycles. The number of rotatable bonds is 1. The highest BCUT2D eigenvalue weighted by Crippen LogP contribution is 2.03. The maximum atomic E-state index is 3.99. The number of aromatic nitrogens is 2. The van der Waals surface area contributed by atoms with E-state index in [1.165, 1.54) is 5.56 Å². The molecule has 0 bridgehead atoms. The van der Waals surface area contributed by atoms with Gasteiger partial charge in [-0.15, -0.1) is 0 Å². The summed E-state index contributed by atoms with van der Waals surface area (Å²) in [7, 11) is 0. The predicted molar refractivity (Wildman–Crippen MR) is 41.0 cm³/mol. The lowest BCUT2D eigenvalue weighted by atomic mass is 10.2. The van der Waals surface area contributed by atoms with Gasteiger partial charge in [-0.1, -0.05) is 5.28 Å². The molecule has 1 aromatic heterocycles. The Morgan fingerprint density at radius 1 is 1.40 bits per heavy atom. The Morgan fingerprint density at radius 3 is 2.60 bits per heavy atom. The molecule has 0 N–H and O–H groups in total. The van der Waals surface area contributed by atoms with Crippen molar-refractivity contribution < 1.29 is 0 Å². The van der Waals surface area contributed by atoms with Crippen LogP contribution in [0.25, 0.3) is 0 Å². The highest BCUT2D eigenvalue weighted by Gasteiger charge is 1.95. The fraction of sp³-hybridized carbons (Fsp3) is 0.429. The second-order valence-electron chi connectivity index (χ2n) is 2.30. The first-order chi connectivity index (χ1) is 4.74. The van der Waals surface area contributed by atoms with Gasteiger partial charge in [0.2, 0.25) is 0 Å². The first kappa shape index (κ1) is 7.72. The summed E-state index contributed by atoms with van der Waals surface area (Å²) in [6, 6.07) is 2.06. The SMILES string of the molecule is Cc1cc([CH2][Al])c(C)nn1. The van der Waals surface area contributed by atoms with E-state index in [4.69, 9.17) is 0 Å². The van der Waals surface area contributed by atoms with Crippen LogP contribution < -0.4 is 0 Å². The summed E-state index contributed by atoms with van der Waals surface area (Å²) in [5, 5.41) is 8.87. The zero-order valence-electron chi connectivity index (χ0n) is 6.26. The number of hydrogen-bond acceptors (Lipinski definition) is 2. The molecule has 0 spiro atoms. The predicted octanol–water partition coefficient (Wildman–Crippen LogP) is 0.762. The molecule has 0 aromatic carbocycles. The molecule has 0 saturated carbocycles. The van der Waals surface area contributed by atoms with Gasteiger partial charge in [0.25, 0.3) is 0 Å². The van der Waals surface area contributed by atoms with Gasteiger partial charge in [0.1, 0.15) is 16.3 Å². The van der Waals surface area contributed by atoms with Gasteiger partial charge in [-0.3, -0.25) is 0 Å². The summed E-state index contributed by atoms with van der Waals surface area (Å²) in [6.45, 7) is 3.93. The van der Waals surface area contributed by atoms with E-state index < -0.39 is 0 Å². The fourth-order valence-corrected chi connectivity index (χ4v) is 1.22. The maximum absolute atomic E-state index is 3.99. The monoisotopic (exact) mass is 148 g/mol. The minimum absolute atomic E-state index is 0.961. The van der Waals surface area contributed by atoms with E-state index in [-0.39, 0.29) is 0 Å². The molecule has 3 heteroatoms. The molecule has 2 nitrogen and oxygen atoms in total. The third kappa shape index (κ3) is 1.56. The molecule has 0 aliphatic rings. The summed E-state index contributed by atoms with van der Waals surface area (Å²) in [6.07, 6.45) is 0. The van der Waals surface area contributed by atoms with Crippen LogP contribution in [0, 0.1) is 13.8 Å². The van der Waals surface area contributed by atoms with Gasteiger partial charge >= 0.3 is 0 Å². The maximum Gasteiger partial charge on any atom is 0.126 e. The number of aryl methyl sites for hydroxylation is 2. The van der Waals surface area contributed by atoms with E-state index in [1.54, 1.807) is 0 Å². The van der Waals surface area contributed by atoms with Crippen LogP contribution in [-0.4, -0.2) is 26.5 Å². The Labute approximate surface area is 69.1 Å². The summed E-state index contributed by atoms with van der Waals surface area (Å²) < 4.78 is 0. The van der Waals surface area contributed by atoms with Gasteiger partial charge in [0.15, 0.2) is 0 Å². The smallest absolute Gasteiger partial charge is 0.126 e. The van der Waals surface area contributed by atoms with Crippen molar-refractivity contribution in [2.45, 2.75) is 19.1 Å². The zero-order valence-corrected chi connectivity index (χ0v) is 7.41. The van der Waals surface area contributed by atoms with Crippen molar-refractivity contribution in [1.82, 2.24) is 10.2 Å². The summed E-state index contributed by atoms with van der Waals surface area (Å²) >= 11 is 2.68. The third-order valence-corrected chi connectivity index (χ3v) is 1.87. The summed E-state index contributed by atoms with van der Waals surface area (Å²) in [5.74, 6) is 0. The standard InChI is InChI=1S/C7H9N2.Al/c1-5-4-6(2)8-9-7(5)3;/h4H,1H2,2-3H3;. The zero-order chi connectivity index (χ0) is 7.56. The first-order valence-electron chi connectivity index (χ1n) is 3.24. The van der Waals surface area contributed by atoms with Gasteiger partial charge in [-0.25, -0.2) is 0 Å². The Kier molecular flexibility index (Phi) is 2.42. The Balaban J connectivity index is 3.09. The van der Waals surface area contributed by atoms with E-state index in [2.05, 4.69) is 32.6 Å². The van der Waals surface area contributed by atoms with Crippen molar-refractivity contribution in [3.05, 3.63) is 23.0 Å². The van der Waals surface area contributed by atoms with Crippen LogP contribution in [0.5, 0.6) is 0 Å². The van der Waals surface area contributed by atoms with Crippen molar-refractivity contribution >= 4 is 16.3 Å². The van der Waals surface area contributed by atoms with E-state index in [0.29, 0.717) is 0 Å². The highest BCUT2D eigenvalue weighted by atomic mass is 27.0. The van der Waals surface area contributed by atoms with Crippen molar-refractivity contribution in [3.63, 3.8) is 0 Å². The molecule has 50 valence electrons. The Morgan fingerprint density at radius 2 is 2.10 bits per heavy atom. The minimum Gasteiger partial charge on any atom is -0.156 e. The lowest BCUT2D eigenvalue weighted by molar-refractivity contribution is 0.920. The lowest BCUT2D eigenvalue weighted by Crippen LogP contribution is -1.96. The highest BCUT2D eigenvalue weighted by molar-refractivity contribution is 6.08.